The molecule has 0 saturated carbocycles. The van der Waals surface area contributed by atoms with Crippen LogP contribution < -0.4 is 0 Å². The monoisotopic (exact) mass is 197 g/mol. The number of pyridine rings is 1. The van der Waals surface area contributed by atoms with Gasteiger partial charge in [0.1, 0.15) is 6.29 Å². The summed E-state index contributed by atoms with van der Waals surface area (Å²) in [5, 5.41) is 0. The molecule has 0 unspecified atom stereocenters. The molecule has 0 aliphatic heterocycles. The fourth-order valence-corrected chi connectivity index (χ4v) is 1.57. The second kappa shape index (κ2) is 4.05. The summed E-state index contributed by atoms with van der Waals surface area (Å²) in [6.45, 7) is 1.92. The molecule has 0 aliphatic carbocycles. The average Bonchev–Trinajstić information content (AvgIpc) is 2.30. The highest BCUT2D eigenvalue weighted by Gasteiger charge is 2.05. The Kier molecular flexibility index (Phi) is 2.59. The largest absolute Gasteiger partial charge is 0.298 e. The van der Waals surface area contributed by atoms with Crippen molar-refractivity contribution in [2.24, 2.45) is 0 Å². The van der Waals surface area contributed by atoms with Crippen molar-refractivity contribution in [3.63, 3.8) is 0 Å². The molecule has 15 heavy (non-hydrogen) atoms. The van der Waals surface area contributed by atoms with Gasteiger partial charge in [0, 0.05) is 17.3 Å². The Bertz CT molecular complexity index is 477. The third-order valence-corrected chi connectivity index (χ3v) is 2.42. The molecular formula is C13H11NO. The zero-order valence-electron chi connectivity index (χ0n) is 8.47. The maximum absolute atomic E-state index is 10.8. The molecule has 0 saturated heterocycles. The lowest BCUT2D eigenvalue weighted by Gasteiger charge is -2.06. The van der Waals surface area contributed by atoms with Crippen LogP contribution in [0, 0.1) is 6.92 Å². The highest BCUT2D eigenvalue weighted by Crippen LogP contribution is 2.21. The fourth-order valence-electron chi connectivity index (χ4n) is 1.57. The number of carbonyl (C=O) groups is 1. The minimum atomic E-state index is 0.698. The lowest BCUT2D eigenvalue weighted by Crippen LogP contribution is -1.93. The Morgan fingerprint density at radius 3 is 2.53 bits per heavy atom. The van der Waals surface area contributed by atoms with Gasteiger partial charge in [-0.15, -0.1) is 0 Å². The number of hydrogen-bond donors (Lipinski definition) is 0. The first kappa shape index (κ1) is 9.59. The predicted molar refractivity (Wildman–Crippen MR) is 59.8 cm³/mol. The normalized spacial score (nSPS) is 9.93. The molecule has 2 nitrogen and oxygen atoms in total. The van der Waals surface area contributed by atoms with E-state index in [0.29, 0.717) is 5.56 Å². The van der Waals surface area contributed by atoms with E-state index in [1.807, 2.05) is 37.3 Å². The molecule has 2 rings (SSSR count). The smallest absolute Gasteiger partial charge is 0.150 e. The molecule has 0 atom stereocenters. The van der Waals surface area contributed by atoms with Gasteiger partial charge >= 0.3 is 0 Å². The lowest BCUT2D eigenvalue weighted by atomic mass is 10.0. The molecule has 1 aromatic carbocycles. The molecule has 0 bridgehead atoms. The van der Waals surface area contributed by atoms with Gasteiger partial charge < -0.3 is 0 Å². The molecule has 2 aromatic rings. The van der Waals surface area contributed by atoms with E-state index in [2.05, 4.69) is 4.98 Å². The molecular weight excluding hydrogens is 186 g/mol. The van der Waals surface area contributed by atoms with E-state index in [9.17, 15) is 4.79 Å². The van der Waals surface area contributed by atoms with Crippen molar-refractivity contribution in [2.75, 3.05) is 0 Å². The quantitative estimate of drug-likeness (QED) is 0.693. The Hall–Kier alpha value is -1.96. The first-order valence-corrected chi connectivity index (χ1v) is 4.79. The van der Waals surface area contributed by atoms with Gasteiger partial charge in [-0.2, -0.15) is 0 Å². The van der Waals surface area contributed by atoms with Crippen LogP contribution in [0.3, 0.4) is 0 Å². The van der Waals surface area contributed by atoms with Crippen LogP contribution in [0.2, 0.25) is 0 Å². The van der Waals surface area contributed by atoms with Gasteiger partial charge in [-0.05, 0) is 18.6 Å². The van der Waals surface area contributed by atoms with Gasteiger partial charge in [-0.3, -0.25) is 9.78 Å². The Balaban J connectivity index is 2.59. The van der Waals surface area contributed by atoms with Crippen molar-refractivity contribution in [2.45, 2.75) is 6.92 Å². The SMILES string of the molecule is Cc1c(C=O)ccnc1-c1ccccc1. The summed E-state index contributed by atoms with van der Waals surface area (Å²) in [7, 11) is 0. The van der Waals surface area contributed by atoms with E-state index in [0.717, 1.165) is 23.1 Å². The summed E-state index contributed by atoms with van der Waals surface area (Å²) in [6.07, 6.45) is 2.53. The molecule has 0 radical (unpaired) electrons. The first-order chi connectivity index (χ1) is 7.33. The van der Waals surface area contributed by atoms with Crippen LogP contribution in [0.5, 0.6) is 0 Å². The van der Waals surface area contributed by atoms with Crippen molar-refractivity contribution in [3.05, 3.63) is 53.7 Å². The molecule has 0 spiro atoms. The highest BCUT2D eigenvalue weighted by molar-refractivity contribution is 5.81. The number of aldehydes is 1. The van der Waals surface area contributed by atoms with Crippen LogP contribution in [-0.2, 0) is 0 Å². The van der Waals surface area contributed by atoms with Crippen LogP contribution in [-0.4, -0.2) is 11.3 Å². The molecule has 1 heterocycles. The summed E-state index contributed by atoms with van der Waals surface area (Å²) in [6, 6.07) is 11.6. The number of nitrogens with zero attached hydrogens (tertiary/aromatic N) is 1. The summed E-state index contributed by atoms with van der Waals surface area (Å²) in [5.41, 5.74) is 3.54. The topological polar surface area (TPSA) is 30.0 Å². The zero-order valence-corrected chi connectivity index (χ0v) is 8.47. The summed E-state index contributed by atoms with van der Waals surface area (Å²) in [5.74, 6) is 0. The summed E-state index contributed by atoms with van der Waals surface area (Å²) >= 11 is 0. The lowest BCUT2D eigenvalue weighted by molar-refractivity contribution is 0.112. The second-order valence-corrected chi connectivity index (χ2v) is 3.36. The number of benzene rings is 1. The second-order valence-electron chi connectivity index (χ2n) is 3.36. The van der Waals surface area contributed by atoms with Gasteiger partial charge in [0.05, 0.1) is 5.69 Å². The van der Waals surface area contributed by atoms with Crippen LogP contribution in [0.1, 0.15) is 15.9 Å². The van der Waals surface area contributed by atoms with Crippen LogP contribution in [0.25, 0.3) is 11.3 Å². The van der Waals surface area contributed by atoms with Gasteiger partial charge in [0.15, 0.2) is 0 Å². The van der Waals surface area contributed by atoms with Crippen molar-refractivity contribution in [3.8, 4) is 11.3 Å². The maximum Gasteiger partial charge on any atom is 0.150 e. The standard InChI is InChI=1S/C13H11NO/c1-10-12(9-15)7-8-14-13(10)11-5-3-2-4-6-11/h2-9H,1H3. The number of carbonyl (C=O) groups excluding carboxylic acids is 1. The van der Waals surface area contributed by atoms with Crippen LogP contribution in [0.4, 0.5) is 0 Å². The average molecular weight is 197 g/mol. The first-order valence-electron chi connectivity index (χ1n) is 4.79. The van der Waals surface area contributed by atoms with Crippen molar-refractivity contribution < 1.29 is 4.79 Å². The van der Waals surface area contributed by atoms with Crippen LogP contribution in [0.15, 0.2) is 42.6 Å². The Labute approximate surface area is 88.6 Å². The maximum atomic E-state index is 10.8. The molecule has 0 N–H and O–H groups in total. The van der Waals surface area contributed by atoms with Gasteiger partial charge in [0.2, 0.25) is 0 Å². The molecule has 2 heteroatoms. The van der Waals surface area contributed by atoms with E-state index < -0.39 is 0 Å². The van der Waals surface area contributed by atoms with Crippen molar-refractivity contribution in [1.82, 2.24) is 4.98 Å². The number of hydrogen-bond acceptors (Lipinski definition) is 2. The van der Waals surface area contributed by atoms with E-state index in [-0.39, 0.29) is 0 Å². The minimum absolute atomic E-state index is 0.698. The summed E-state index contributed by atoms with van der Waals surface area (Å²) < 4.78 is 0. The molecule has 0 fully saturated rings. The Morgan fingerprint density at radius 2 is 1.87 bits per heavy atom. The fraction of sp³-hybridized carbons (Fsp3) is 0.0769. The number of aromatic nitrogens is 1. The third kappa shape index (κ3) is 1.79. The minimum Gasteiger partial charge on any atom is -0.298 e. The van der Waals surface area contributed by atoms with E-state index >= 15 is 0 Å². The molecule has 0 aliphatic rings. The van der Waals surface area contributed by atoms with Crippen molar-refractivity contribution in [1.29, 1.82) is 0 Å². The molecule has 74 valence electrons. The number of rotatable bonds is 2. The van der Waals surface area contributed by atoms with Gasteiger partial charge in [-0.25, -0.2) is 0 Å². The molecule has 0 amide bonds. The zero-order chi connectivity index (χ0) is 10.7. The van der Waals surface area contributed by atoms with Crippen molar-refractivity contribution >= 4 is 6.29 Å². The van der Waals surface area contributed by atoms with E-state index in [1.165, 1.54) is 0 Å². The van der Waals surface area contributed by atoms with Crippen LogP contribution >= 0.6 is 0 Å². The third-order valence-electron chi connectivity index (χ3n) is 2.42. The summed E-state index contributed by atoms with van der Waals surface area (Å²) in [4.78, 5) is 15.1. The molecule has 1 aromatic heterocycles. The van der Waals surface area contributed by atoms with E-state index in [1.54, 1.807) is 12.3 Å². The van der Waals surface area contributed by atoms with E-state index in [4.69, 9.17) is 0 Å². The van der Waals surface area contributed by atoms with Gasteiger partial charge in [-0.1, -0.05) is 30.3 Å². The predicted octanol–water partition coefficient (Wildman–Crippen LogP) is 2.87. The van der Waals surface area contributed by atoms with Gasteiger partial charge in [0.25, 0.3) is 0 Å². The highest BCUT2D eigenvalue weighted by atomic mass is 16.1. The Morgan fingerprint density at radius 1 is 1.13 bits per heavy atom.